The highest BCUT2D eigenvalue weighted by molar-refractivity contribution is 6.30. The molecular weight excluding hydrogens is 1050 g/mol. The molecule has 424 valence electrons. The van der Waals surface area contributed by atoms with Crippen LogP contribution in [0, 0.1) is 0 Å². The molecule has 16 heteroatoms. The fourth-order valence-corrected chi connectivity index (χ4v) is 7.66. The summed E-state index contributed by atoms with van der Waals surface area (Å²) in [5.41, 5.74) is 4.82. The van der Waals surface area contributed by atoms with Crippen molar-refractivity contribution in [1.82, 2.24) is 0 Å². The lowest BCUT2D eigenvalue weighted by atomic mass is 10.0. The van der Waals surface area contributed by atoms with E-state index in [1.165, 1.54) is 103 Å². The first-order valence-corrected chi connectivity index (χ1v) is 25.1. The van der Waals surface area contributed by atoms with Gasteiger partial charge in [-0.15, -0.1) is 0 Å². The van der Waals surface area contributed by atoms with Crippen molar-refractivity contribution < 1.29 is 77.9 Å². The van der Waals surface area contributed by atoms with Crippen LogP contribution in [0.3, 0.4) is 0 Å². The SMILES string of the molecule is COc1ccc(/C=C/C(=O)/C(C(=O)/C=C/c2ccc(CO)cc2)=C(O)\C=C\c2ccc(OC)c(OC)c2)cc1.COc1ccc(/C=C/C(=O)C(C(=O)/C=C/c2ccc(OC)c(OC)c2)=C(O)/C=C/c2ccc(CO)c(CO)c2)cc1OC. The number of hydrogen-bond donors (Lipinski definition) is 5. The van der Waals surface area contributed by atoms with Gasteiger partial charge in [-0.3, -0.25) is 19.2 Å². The Hall–Kier alpha value is -10.0. The van der Waals surface area contributed by atoms with Crippen LogP contribution in [0.15, 0.2) is 180 Å². The molecule has 0 aliphatic carbocycles. The molecule has 0 saturated heterocycles. The molecule has 0 bridgehead atoms. The quantitative estimate of drug-likeness (QED) is 0.0112. The first-order chi connectivity index (χ1) is 39.6. The number of rotatable bonds is 26. The Kier molecular flexibility index (Phi) is 24.6. The topological polar surface area (TPSA) is 234 Å². The highest BCUT2D eigenvalue weighted by Gasteiger charge is 2.21. The largest absolute Gasteiger partial charge is 0.507 e. The van der Waals surface area contributed by atoms with Crippen LogP contribution in [0.25, 0.3) is 36.5 Å². The Labute approximate surface area is 476 Å². The molecule has 6 aromatic rings. The number of hydrogen-bond acceptors (Lipinski definition) is 16. The zero-order valence-corrected chi connectivity index (χ0v) is 46.3. The average molecular weight is 1110 g/mol. The van der Waals surface area contributed by atoms with Crippen LogP contribution >= 0.6 is 0 Å². The van der Waals surface area contributed by atoms with Crippen LogP contribution in [-0.4, -0.2) is 98.4 Å². The summed E-state index contributed by atoms with van der Waals surface area (Å²) in [7, 11) is 10.6. The summed E-state index contributed by atoms with van der Waals surface area (Å²) in [6.45, 7) is -0.619. The molecule has 0 unspecified atom stereocenters. The summed E-state index contributed by atoms with van der Waals surface area (Å²) >= 11 is 0. The Bertz CT molecular complexity index is 3290. The Morgan fingerprint density at radius 1 is 0.329 bits per heavy atom. The van der Waals surface area contributed by atoms with E-state index in [-0.39, 0.29) is 25.4 Å². The third kappa shape index (κ3) is 18.0. The van der Waals surface area contributed by atoms with Gasteiger partial charge >= 0.3 is 0 Å². The van der Waals surface area contributed by atoms with Gasteiger partial charge in [-0.05, 0) is 141 Å². The molecule has 6 rings (SSSR count). The number of allylic oxidation sites excluding steroid dienone is 8. The number of carbonyl (C=O) groups is 4. The van der Waals surface area contributed by atoms with Gasteiger partial charge in [0, 0.05) is 0 Å². The van der Waals surface area contributed by atoms with Gasteiger partial charge < -0.3 is 58.7 Å². The summed E-state index contributed by atoms with van der Waals surface area (Å²) in [5, 5.41) is 50.0. The smallest absolute Gasteiger partial charge is 0.193 e. The zero-order valence-electron chi connectivity index (χ0n) is 46.3. The maximum atomic E-state index is 13.3. The minimum absolute atomic E-state index is 0.0921. The molecule has 0 radical (unpaired) electrons. The van der Waals surface area contributed by atoms with E-state index >= 15 is 0 Å². The second kappa shape index (κ2) is 32.2. The fraction of sp³-hybridized carbons (Fsp3) is 0.152. The van der Waals surface area contributed by atoms with E-state index in [4.69, 9.17) is 33.2 Å². The average Bonchev–Trinajstić information content (AvgIpc) is 3.51. The lowest BCUT2D eigenvalue weighted by molar-refractivity contribution is -0.118. The van der Waals surface area contributed by atoms with E-state index in [1.807, 2.05) is 0 Å². The van der Waals surface area contributed by atoms with Gasteiger partial charge in [0.1, 0.15) is 28.4 Å². The third-order valence-electron chi connectivity index (χ3n) is 12.1. The third-order valence-corrected chi connectivity index (χ3v) is 12.1. The van der Waals surface area contributed by atoms with E-state index in [2.05, 4.69) is 0 Å². The predicted molar refractivity (Wildman–Crippen MR) is 316 cm³/mol. The van der Waals surface area contributed by atoms with Crippen LogP contribution in [0.5, 0.6) is 40.2 Å². The molecule has 82 heavy (non-hydrogen) atoms. The van der Waals surface area contributed by atoms with Crippen LogP contribution in [0.2, 0.25) is 0 Å². The summed E-state index contributed by atoms with van der Waals surface area (Å²) in [4.78, 5) is 52.9. The van der Waals surface area contributed by atoms with Gasteiger partial charge in [0.2, 0.25) is 0 Å². The van der Waals surface area contributed by atoms with Crippen molar-refractivity contribution in [2.75, 3.05) is 49.8 Å². The van der Waals surface area contributed by atoms with Gasteiger partial charge in [0.25, 0.3) is 0 Å². The molecule has 0 atom stereocenters. The van der Waals surface area contributed by atoms with Crippen LogP contribution in [-0.2, 0) is 39.0 Å². The van der Waals surface area contributed by atoms with Crippen molar-refractivity contribution in [3.63, 3.8) is 0 Å². The van der Waals surface area contributed by atoms with E-state index in [1.54, 1.807) is 141 Å². The molecule has 0 aliphatic heterocycles. The maximum absolute atomic E-state index is 13.3. The maximum Gasteiger partial charge on any atom is 0.193 e. The van der Waals surface area contributed by atoms with Crippen molar-refractivity contribution in [3.05, 3.63) is 231 Å². The number of aliphatic hydroxyl groups excluding tert-OH is 5. The van der Waals surface area contributed by atoms with Crippen molar-refractivity contribution in [1.29, 1.82) is 0 Å². The lowest BCUT2D eigenvalue weighted by Crippen LogP contribution is -2.11. The number of ketones is 4. The molecule has 0 spiro atoms. The standard InChI is InChI=1S/C34H34O9.C32H30O7/c1-40-30-15-9-23(18-32(30)42-3)7-13-28(38)34(27(37)12-6-22-5-11-25(20-35)26(17-22)21-36)29(39)14-8-24-10-16-31(41-2)33(19-24)43-4;1-37-26-14-8-23(9-15-26)11-17-28(35)32(27(34)16-10-22-4-6-25(21-33)7-5-22)29(36)18-12-24-13-19-30(38-2)31(20-24)39-3/h5-19,35-37H,20-21H2,1-4H3;4-20,33,36H,21H2,1-3H3/b12-6+,13-7+,14-8+;16-10+,17-11+,18-12+,32-29+. The van der Waals surface area contributed by atoms with Gasteiger partial charge in [-0.1, -0.05) is 103 Å². The summed E-state index contributed by atoms with van der Waals surface area (Å²) in [5.74, 6) is -0.174. The molecule has 16 nitrogen and oxygen atoms in total. The Morgan fingerprint density at radius 2 is 0.634 bits per heavy atom. The molecule has 0 saturated carbocycles. The predicted octanol–water partition coefficient (Wildman–Crippen LogP) is 10.7. The molecule has 6 aromatic carbocycles. The second-order valence-electron chi connectivity index (χ2n) is 17.3. The summed E-state index contributed by atoms with van der Waals surface area (Å²) in [6.07, 6.45) is 16.5. The molecule has 0 heterocycles. The van der Waals surface area contributed by atoms with Crippen LogP contribution < -0.4 is 33.2 Å². The number of methoxy groups -OCH3 is 7. The fourth-order valence-electron chi connectivity index (χ4n) is 7.66. The van der Waals surface area contributed by atoms with E-state index in [0.717, 1.165) is 11.1 Å². The zero-order chi connectivity index (χ0) is 59.6. The van der Waals surface area contributed by atoms with E-state index < -0.39 is 40.2 Å². The molecule has 0 aromatic heterocycles. The van der Waals surface area contributed by atoms with Gasteiger partial charge in [0.05, 0.1) is 69.6 Å². The number of carbonyl (C=O) groups excluding carboxylic acids is 4. The monoisotopic (exact) mass is 1110 g/mol. The van der Waals surface area contributed by atoms with Gasteiger partial charge in [-0.2, -0.15) is 0 Å². The Morgan fingerprint density at radius 3 is 0.963 bits per heavy atom. The highest BCUT2D eigenvalue weighted by atomic mass is 16.5. The summed E-state index contributed by atoms with van der Waals surface area (Å²) < 4.78 is 36.8. The molecular formula is C66H64O16. The number of aliphatic hydroxyl groups is 5. The van der Waals surface area contributed by atoms with Gasteiger partial charge in [0.15, 0.2) is 57.6 Å². The van der Waals surface area contributed by atoms with Crippen molar-refractivity contribution in [2.24, 2.45) is 0 Å². The van der Waals surface area contributed by atoms with E-state index in [0.29, 0.717) is 79.2 Å². The van der Waals surface area contributed by atoms with Crippen molar-refractivity contribution in [2.45, 2.75) is 19.8 Å². The molecule has 0 amide bonds. The Balaban J connectivity index is 0.000000302. The molecule has 0 aliphatic rings. The van der Waals surface area contributed by atoms with Crippen LogP contribution in [0.4, 0.5) is 0 Å². The van der Waals surface area contributed by atoms with Crippen molar-refractivity contribution >= 4 is 59.6 Å². The van der Waals surface area contributed by atoms with E-state index in [9.17, 15) is 44.7 Å². The molecule has 0 fully saturated rings. The van der Waals surface area contributed by atoms with Crippen molar-refractivity contribution in [3.8, 4) is 40.2 Å². The summed E-state index contributed by atoms with van der Waals surface area (Å²) in [6, 6.07) is 34.2. The number of ether oxygens (including phenoxy) is 7. The normalized spacial score (nSPS) is 11.6. The minimum Gasteiger partial charge on any atom is -0.507 e. The first kappa shape index (κ1) is 62.8. The highest BCUT2D eigenvalue weighted by Crippen LogP contribution is 2.31. The van der Waals surface area contributed by atoms with Gasteiger partial charge in [-0.25, -0.2) is 0 Å². The van der Waals surface area contributed by atoms with Crippen LogP contribution in [0.1, 0.15) is 50.1 Å². The first-order valence-electron chi connectivity index (χ1n) is 25.1. The minimum atomic E-state index is -0.731. The second-order valence-corrected chi connectivity index (χ2v) is 17.3. The lowest BCUT2D eigenvalue weighted by Gasteiger charge is -2.08. The number of benzene rings is 6. The molecule has 5 N–H and O–H groups in total.